The highest BCUT2D eigenvalue weighted by Crippen LogP contribution is 2.42. The van der Waals surface area contributed by atoms with Crippen molar-refractivity contribution < 1.29 is 31.8 Å². The molecule has 1 aliphatic rings. The summed E-state index contributed by atoms with van der Waals surface area (Å²) in [4.78, 5) is 15.4. The minimum Gasteiger partial charge on any atom is -0.493 e. The lowest BCUT2D eigenvalue weighted by molar-refractivity contribution is -0.152. The topological polar surface area (TPSA) is 61.1 Å². The van der Waals surface area contributed by atoms with E-state index >= 15 is 0 Å². The molecule has 0 unspecified atom stereocenters. The van der Waals surface area contributed by atoms with Gasteiger partial charge in [0.25, 0.3) is 0 Å². The molecule has 3 aromatic carbocycles. The summed E-state index contributed by atoms with van der Waals surface area (Å²) in [5.41, 5.74) is -0.392. The molecule has 2 heterocycles. The molecule has 192 valence electrons. The number of halogens is 4. The van der Waals surface area contributed by atoms with Crippen molar-refractivity contribution in [1.29, 1.82) is 0 Å². The van der Waals surface area contributed by atoms with E-state index in [2.05, 4.69) is 0 Å². The van der Waals surface area contributed by atoms with Crippen molar-refractivity contribution in [2.75, 3.05) is 21.0 Å². The van der Waals surface area contributed by atoms with Crippen LogP contribution in [0.2, 0.25) is 5.02 Å². The number of ether oxygens (including phenoxy) is 3. The van der Waals surface area contributed by atoms with E-state index in [0.717, 1.165) is 5.56 Å². The fourth-order valence-corrected chi connectivity index (χ4v) is 4.63. The van der Waals surface area contributed by atoms with Crippen LogP contribution in [0.25, 0.3) is 22.1 Å². The molecule has 0 fully saturated rings. The first kappa shape index (κ1) is 25.0. The second kappa shape index (κ2) is 9.64. The molecule has 0 spiro atoms. The quantitative estimate of drug-likeness (QED) is 0.293. The van der Waals surface area contributed by atoms with Gasteiger partial charge in [0, 0.05) is 18.1 Å². The lowest BCUT2D eigenvalue weighted by Gasteiger charge is -2.29. The van der Waals surface area contributed by atoms with Crippen LogP contribution < -0.4 is 19.6 Å². The van der Waals surface area contributed by atoms with Crippen molar-refractivity contribution in [3.63, 3.8) is 0 Å². The summed E-state index contributed by atoms with van der Waals surface area (Å²) < 4.78 is 64.5. The summed E-state index contributed by atoms with van der Waals surface area (Å²) in [6.45, 7) is 0.799. The van der Waals surface area contributed by atoms with Gasteiger partial charge >= 0.3 is 6.18 Å². The molecule has 1 aromatic heterocycles. The number of rotatable bonds is 5. The largest absolute Gasteiger partial charge is 0.493 e. The Labute approximate surface area is 214 Å². The van der Waals surface area contributed by atoms with Crippen molar-refractivity contribution in [1.82, 2.24) is 4.90 Å². The molecular weight excluding hydrogens is 511 g/mol. The molecule has 6 nitrogen and oxygen atoms in total. The summed E-state index contributed by atoms with van der Waals surface area (Å²) >= 11 is 6.28. The van der Waals surface area contributed by atoms with Crippen LogP contribution >= 0.6 is 11.6 Å². The van der Waals surface area contributed by atoms with Crippen LogP contribution in [0, 0.1) is 0 Å². The Bertz CT molecular complexity index is 1550. The minimum atomic E-state index is -4.94. The van der Waals surface area contributed by atoms with Crippen LogP contribution in [0.3, 0.4) is 0 Å². The summed E-state index contributed by atoms with van der Waals surface area (Å²) in [7, 11) is 2.76. The van der Waals surface area contributed by atoms with Crippen molar-refractivity contribution in [3.05, 3.63) is 86.7 Å². The first-order chi connectivity index (χ1) is 17.7. The Balaban J connectivity index is 1.66. The van der Waals surface area contributed by atoms with Crippen molar-refractivity contribution in [3.8, 4) is 28.4 Å². The van der Waals surface area contributed by atoms with Gasteiger partial charge in [0.15, 0.2) is 11.5 Å². The molecule has 1 aliphatic heterocycles. The average Bonchev–Trinajstić information content (AvgIpc) is 2.88. The van der Waals surface area contributed by atoms with Gasteiger partial charge in [-0.15, -0.1) is 0 Å². The van der Waals surface area contributed by atoms with E-state index in [1.165, 1.54) is 38.5 Å². The van der Waals surface area contributed by atoms with Gasteiger partial charge in [-0.2, -0.15) is 13.2 Å². The van der Waals surface area contributed by atoms with E-state index in [9.17, 15) is 18.0 Å². The summed E-state index contributed by atoms with van der Waals surface area (Å²) in [5, 5.41) is 0.580. The van der Waals surface area contributed by atoms with Gasteiger partial charge < -0.3 is 18.6 Å². The van der Waals surface area contributed by atoms with Gasteiger partial charge in [-0.3, -0.25) is 9.69 Å². The fraction of sp³-hybridized carbons (Fsp3) is 0.222. The van der Waals surface area contributed by atoms with Gasteiger partial charge in [-0.05, 0) is 41.5 Å². The van der Waals surface area contributed by atoms with E-state index in [4.69, 9.17) is 30.2 Å². The number of alkyl halides is 3. The zero-order valence-electron chi connectivity index (χ0n) is 19.8. The molecule has 37 heavy (non-hydrogen) atoms. The molecule has 0 saturated carbocycles. The third kappa shape index (κ3) is 4.60. The molecule has 0 N–H and O–H groups in total. The highest BCUT2D eigenvalue weighted by molar-refractivity contribution is 6.31. The number of hydrogen-bond acceptors (Lipinski definition) is 6. The van der Waals surface area contributed by atoms with Gasteiger partial charge in [-0.1, -0.05) is 35.9 Å². The Morgan fingerprint density at radius 2 is 1.78 bits per heavy atom. The van der Waals surface area contributed by atoms with Crippen LogP contribution in [-0.4, -0.2) is 25.9 Å². The molecule has 0 bridgehead atoms. The lowest BCUT2D eigenvalue weighted by Crippen LogP contribution is -2.32. The van der Waals surface area contributed by atoms with Crippen LogP contribution in [0.15, 0.2) is 63.8 Å². The number of nitrogens with zero attached hydrogens (tertiary/aromatic N) is 1. The average molecular weight is 532 g/mol. The van der Waals surface area contributed by atoms with E-state index < -0.39 is 22.9 Å². The van der Waals surface area contributed by atoms with Gasteiger partial charge in [-0.25, -0.2) is 0 Å². The van der Waals surface area contributed by atoms with Gasteiger partial charge in [0.1, 0.15) is 18.1 Å². The van der Waals surface area contributed by atoms with Crippen molar-refractivity contribution in [2.24, 2.45) is 0 Å². The SMILES string of the molecule is COc1ccc(-c2c(C(F)(F)F)oc3c4c(ccc3c2=O)OCN(Cc2ccccc2Cl)C4)cc1OC. The monoisotopic (exact) mass is 531 g/mol. The molecular formula is C27H21ClF3NO5. The number of hydrogen-bond donors (Lipinski definition) is 0. The van der Waals surface area contributed by atoms with Crippen LogP contribution in [-0.2, 0) is 19.3 Å². The third-order valence-electron chi connectivity index (χ3n) is 6.19. The Kier molecular flexibility index (Phi) is 6.51. The van der Waals surface area contributed by atoms with E-state index in [0.29, 0.717) is 28.6 Å². The summed E-state index contributed by atoms with van der Waals surface area (Å²) in [6, 6.07) is 14.4. The van der Waals surface area contributed by atoms with Crippen LogP contribution in [0.4, 0.5) is 13.2 Å². The highest BCUT2D eigenvalue weighted by Gasteiger charge is 2.40. The Hall–Kier alpha value is -3.69. The lowest BCUT2D eigenvalue weighted by atomic mass is 9.99. The fourth-order valence-electron chi connectivity index (χ4n) is 4.43. The predicted octanol–water partition coefficient (Wildman–Crippen LogP) is 6.50. The Morgan fingerprint density at radius 3 is 2.49 bits per heavy atom. The maximum Gasteiger partial charge on any atom is 0.450 e. The standard InChI is InChI=1S/C27H21ClF3NO5/c1-34-21-9-7-15(11-22(21)35-2)23-24(33)17-8-10-20-18(25(17)37-26(23)27(29,30)31)13-32(14-36-20)12-16-5-3-4-6-19(16)28/h3-11H,12-14H2,1-2H3. The number of fused-ring (bicyclic) bond motifs is 3. The van der Waals surface area contributed by atoms with E-state index in [1.807, 2.05) is 23.1 Å². The maximum atomic E-state index is 14.3. The Morgan fingerprint density at radius 1 is 1.03 bits per heavy atom. The predicted molar refractivity (Wildman–Crippen MR) is 132 cm³/mol. The number of benzene rings is 3. The van der Waals surface area contributed by atoms with Crippen LogP contribution in [0.1, 0.15) is 16.9 Å². The molecule has 0 radical (unpaired) electrons. The van der Waals surface area contributed by atoms with Crippen LogP contribution in [0.5, 0.6) is 17.2 Å². The zero-order valence-corrected chi connectivity index (χ0v) is 20.6. The first-order valence-corrected chi connectivity index (χ1v) is 11.6. The number of methoxy groups -OCH3 is 2. The van der Waals surface area contributed by atoms with E-state index in [1.54, 1.807) is 12.1 Å². The second-order valence-electron chi connectivity index (χ2n) is 8.47. The highest BCUT2D eigenvalue weighted by atomic mass is 35.5. The van der Waals surface area contributed by atoms with Crippen molar-refractivity contribution >= 4 is 22.6 Å². The van der Waals surface area contributed by atoms with E-state index in [-0.39, 0.29) is 35.6 Å². The maximum absolute atomic E-state index is 14.3. The molecule has 4 aromatic rings. The smallest absolute Gasteiger partial charge is 0.450 e. The molecule has 0 amide bonds. The normalized spacial score (nSPS) is 13.8. The second-order valence-corrected chi connectivity index (χ2v) is 8.88. The summed E-state index contributed by atoms with van der Waals surface area (Å²) in [5.74, 6) is -0.539. The third-order valence-corrected chi connectivity index (χ3v) is 6.55. The first-order valence-electron chi connectivity index (χ1n) is 11.2. The molecule has 0 atom stereocenters. The molecule has 5 rings (SSSR count). The summed E-state index contributed by atoms with van der Waals surface area (Å²) in [6.07, 6.45) is -4.94. The van der Waals surface area contributed by atoms with Crippen molar-refractivity contribution in [2.45, 2.75) is 19.3 Å². The molecule has 0 aliphatic carbocycles. The van der Waals surface area contributed by atoms with Gasteiger partial charge in [0.2, 0.25) is 11.2 Å². The van der Waals surface area contributed by atoms with Gasteiger partial charge in [0.05, 0.1) is 30.7 Å². The molecule has 0 saturated heterocycles. The molecule has 10 heteroatoms. The minimum absolute atomic E-state index is 0.00468. The zero-order chi connectivity index (χ0) is 26.3.